The van der Waals surface area contributed by atoms with Crippen molar-refractivity contribution in [3.05, 3.63) is 29.6 Å². The Labute approximate surface area is 144 Å². The third-order valence-corrected chi connectivity index (χ3v) is 4.61. The molecule has 2 rings (SSSR count). The Morgan fingerprint density at radius 2 is 2.21 bits per heavy atom. The van der Waals surface area contributed by atoms with Gasteiger partial charge in [0.25, 0.3) is 0 Å². The molecular formula is C18H29FN4O. The summed E-state index contributed by atoms with van der Waals surface area (Å²) in [4.78, 5) is 6.75. The minimum Gasteiger partial charge on any atom is -0.505 e. The van der Waals surface area contributed by atoms with Crippen LogP contribution < -0.4 is 10.6 Å². The number of nitrogens with zero attached hydrogens (tertiary/aromatic N) is 2. The summed E-state index contributed by atoms with van der Waals surface area (Å²) in [6.07, 6.45) is 5.14. The zero-order valence-corrected chi connectivity index (χ0v) is 14.7. The molecule has 1 heterocycles. The number of hydrogen-bond acceptors (Lipinski definition) is 3. The van der Waals surface area contributed by atoms with Gasteiger partial charge in [0.15, 0.2) is 17.5 Å². The fourth-order valence-electron chi connectivity index (χ4n) is 3.20. The van der Waals surface area contributed by atoms with Gasteiger partial charge >= 0.3 is 0 Å². The van der Waals surface area contributed by atoms with E-state index in [1.54, 1.807) is 13.1 Å². The minimum absolute atomic E-state index is 0.326. The first-order chi connectivity index (χ1) is 11.6. The molecule has 1 aromatic carbocycles. The van der Waals surface area contributed by atoms with Crippen LogP contribution in [0.5, 0.6) is 5.75 Å². The summed E-state index contributed by atoms with van der Waals surface area (Å²) in [5, 5.41) is 15.7. The molecule has 0 saturated carbocycles. The number of phenolic OH excluding ortho intramolecular Hbond substituents is 1. The second-order valence-corrected chi connectivity index (χ2v) is 6.23. The first-order valence-electron chi connectivity index (χ1n) is 8.80. The fourth-order valence-corrected chi connectivity index (χ4v) is 3.20. The predicted octanol–water partition coefficient (Wildman–Crippen LogP) is 2.46. The summed E-state index contributed by atoms with van der Waals surface area (Å²) in [7, 11) is 1.72. The van der Waals surface area contributed by atoms with E-state index in [1.165, 1.54) is 44.4 Å². The van der Waals surface area contributed by atoms with Gasteiger partial charge in [0, 0.05) is 32.7 Å². The molecule has 0 bridgehead atoms. The molecule has 1 aliphatic heterocycles. The van der Waals surface area contributed by atoms with Crippen molar-refractivity contribution in [2.75, 3.05) is 26.7 Å². The van der Waals surface area contributed by atoms with Crippen molar-refractivity contribution in [3.63, 3.8) is 0 Å². The summed E-state index contributed by atoms with van der Waals surface area (Å²) in [6, 6.07) is 5.09. The van der Waals surface area contributed by atoms with E-state index in [0.29, 0.717) is 18.5 Å². The van der Waals surface area contributed by atoms with Gasteiger partial charge in [0.2, 0.25) is 0 Å². The summed E-state index contributed by atoms with van der Waals surface area (Å²) >= 11 is 0. The molecule has 1 atom stereocenters. The Morgan fingerprint density at radius 3 is 2.92 bits per heavy atom. The number of hydrogen-bond donors (Lipinski definition) is 3. The van der Waals surface area contributed by atoms with Crippen molar-refractivity contribution in [1.29, 1.82) is 0 Å². The highest BCUT2D eigenvalue weighted by Gasteiger charge is 2.19. The van der Waals surface area contributed by atoms with Crippen LogP contribution in [-0.2, 0) is 6.54 Å². The predicted molar refractivity (Wildman–Crippen MR) is 95.8 cm³/mol. The number of likely N-dealkylation sites (tertiary alicyclic amines) is 1. The standard InChI is InChI=1S/C18H29FN4O/c1-3-15-6-4-5-10-23(15)11-9-21-18(20-2)22-13-14-7-8-17(24)16(19)12-14/h7-8,12,15,24H,3-6,9-11,13H2,1-2H3,(H2,20,21,22). The molecule has 24 heavy (non-hydrogen) atoms. The van der Waals surface area contributed by atoms with Crippen LogP contribution in [0.25, 0.3) is 0 Å². The molecule has 1 aliphatic rings. The highest BCUT2D eigenvalue weighted by molar-refractivity contribution is 5.79. The summed E-state index contributed by atoms with van der Waals surface area (Å²) < 4.78 is 13.3. The van der Waals surface area contributed by atoms with Crippen LogP contribution in [0.15, 0.2) is 23.2 Å². The average molecular weight is 336 g/mol. The highest BCUT2D eigenvalue weighted by atomic mass is 19.1. The lowest BCUT2D eigenvalue weighted by atomic mass is 10.0. The van der Waals surface area contributed by atoms with Gasteiger partial charge in [-0.3, -0.25) is 9.89 Å². The van der Waals surface area contributed by atoms with Crippen LogP contribution in [0.1, 0.15) is 38.2 Å². The third kappa shape index (κ3) is 5.37. The average Bonchev–Trinajstić information content (AvgIpc) is 2.61. The molecule has 0 spiro atoms. The Hall–Kier alpha value is -1.82. The van der Waals surface area contributed by atoms with Crippen LogP contribution in [0, 0.1) is 5.82 Å². The number of nitrogens with one attached hydrogen (secondary N) is 2. The van der Waals surface area contributed by atoms with Crippen molar-refractivity contribution in [1.82, 2.24) is 15.5 Å². The molecule has 1 fully saturated rings. The lowest BCUT2D eigenvalue weighted by Gasteiger charge is -2.35. The van der Waals surface area contributed by atoms with Crippen molar-refractivity contribution in [2.45, 2.75) is 45.2 Å². The van der Waals surface area contributed by atoms with E-state index in [-0.39, 0.29) is 5.75 Å². The number of halogens is 1. The molecule has 1 unspecified atom stereocenters. The van der Waals surface area contributed by atoms with Crippen LogP contribution in [-0.4, -0.2) is 48.7 Å². The molecule has 6 heteroatoms. The van der Waals surface area contributed by atoms with E-state index in [0.717, 1.165) is 18.7 Å². The van der Waals surface area contributed by atoms with Gasteiger partial charge < -0.3 is 15.7 Å². The molecule has 0 amide bonds. The largest absolute Gasteiger partial charge is 0.505 e. The summed E-state index contributed by atoms with van der Waals surface area (Å²) in [5.41, 5.74) is 0.760. The van der Waals surface area contributed by atoms with E-state index in [4.69, 9.17) is 0 Å². The van der Waals surface area contributed by atoms with E-state index >= 15 is 0 Å². The van der Waals surface area contributed by atoms with E-state index in [1.807, 2.05) is 0 Å². The zero-order valence-electron chi connectivity index (χ0n) is 14.7. The second-order valence-electron chi connectivity index (χ2n) is 6.23. The maximum absolute atomic E-state index is 13.3. The molecule has 1 aromatic rings. The number of guanidine groups is 1. The summed E-state index contributed by atoms with van der Waals surface area (Å²) in [5.74, 6) is -0.227. The van der Waals surface area contributed by atoms with Gasteiger partial charge in [0.05, 0.1) is 0 Å². The third-order valence-electron chi connectivity index (χ3n) is 4.61. The number of phenols is 1. The SMILES string of the molecule is CCC1CCCCN1CCNC(=NC)NCc1ccc(O)c(F)c1. The van der Waals surface area contributed by atoms with Crippen molar-refractivity contribution < 1.29 is 9.50 Å². The molecular weight excluding hydrogens is 307 g/mol. The van der Waals surface area contributed by atoms with Crippen LogP contribution in [0.2, 0.25) is 0 Å². The topological polar surface area (TPSA) is 59.9 Å². The van der Waals surface area contributed by atoms with Gasteiger partial charge in [-0.1, -0.05) is 19.4 Å². The lowest BCUT2D eigenvalue weighted by Crippen LogP contribution is -2.45. The molecule has 5 nitrogen and oxygen atoms in total. The number of aliphatic imine (C=N–C) groups is 1. The van der Waals surface area contributed by atoms with Gasteiger partial charge in [-0.15, -0.1) is 0 Å². The van der Waals surface area contributed by atoms with Crippen LogP contribution in [0.3, 0.4) is 0 Å². The minimum atomic E-state index is -0.604. The Bertz CT molecular complexity index is 550. The van der Waals surface area contributed by atoms with Gasteiger partial charge in [-0.05, 0) is 43.5 Å². The smallest absolute Gasteiger partial charge is 0.191 e. The quantitative estimate of drug-likeness (QED) is 0.552. The monoisotopic (exact) mass is 336 g/mol. The Balaban J connectivity index is 1.75. The van der Waals surface area contributed by atoms with Crippen LogP contribution >= 0.6 is 0 Å². The summed E-state index contributed by atoms with van der Waals surface area (Å²) in [6.45, 7) is 5.73. The fraction of sp³-hybridized carbons (Fsp3) is 0.611. The van der Waals surface area contributed by atoms with E-state index < -0.39 is 5.82 Å². The van der Waals surface area contributed by atoms with Gasteiger partial charge in [-0.25, -0.2) is 4.39 Å². The molecule has 134 valence electrons. The van der Waals surface area contributed by atoms with Crippen molar-refractivity contribution >= 4 is 5.96 Å². The van der Waals surface area contributed by atoms with E-state index in [2.05, 4.69) is 27.4 Å². The Kier molecular flexibility index (Phi) is 7.31. The van der Waals surface area contributed by atoms with Gasteiger partial charge in [0.1, 0.15) is 0 Å². The van der Waals surface area contributed by atoms with Crippen molar-refractivity contribution in [2.24, 2.45) is 4.99 Å². The number of aromatic hydroxyl groups is 1. The number of benzene rings is 1. The molecule has 0 aromatic heterocycles. The molecule has 3 N–H and O–H groups in total. The molecule has 0 aliphatic carbocycles. The molecule has 1 saturated heterocycles. The number of rotatable bonds is 6. The normalized spacial score (nSPS) is 19.3. The molecule has 0 radical (unpaired) electrons. The highest BCUT2D eigenvalue weighted by Crippen LogP contribution is 2.18. The van der Waals surface area contributed by atoms with Gasteiger partial charge in [-0.2, -0.15) is 0 Å². The maximum atomic E-state index is 13.3. The first-order valence-corrected chi connectivity index (χ1v) is 8.80. The Morgan fingerprint density at radius 1 is 1.38 bits per heavy atom. The second kappa shape index (κ2) is 9.47. The lowest BCUT2D eigenvalue weighted by molar-refractivity contribution is 0.147. The van der Waals surface area contributed by atoms with Crippen molar-refractivity contribution in [3.8, 4) is 5.75 Å². The zero-order chi connectivity index (χ0) is 17.4. The van der Waals surface area contributed by atoms with Crippen LogP contribution in [0.4, 0.5) is 4.39 Å². The first kappa shape index (κ1) is 18.5. The van der Waals surface area contributed by atoms with E-state index in [9.17, 15) is 9.50 Å². The maximum Gasteiger partial charge on any atom is 0.191 e. The number of piperidine rings is 1.